The molecule has 0 spiro atoms. The van der Waals surface area contributed by atoms with Crippen LogP contribution >= 0.6 is 22.6 Å². The molecule has 0 radical (unpaired) electrons. The number of sulfonamides is 1. The predicted molar refractivity (Wildman–Crippen MR) is 87.2 cm³/mol. The Morgan fingerprint density at radius 2 is 1.60 bits per heavy atom. The molecule has 0 amide bonds. The zero-order chi connectivity index (χ0) is 14.6. The maximum Gasteiger partial charge on any atom is 0.261 e. The number of rotatable bonds is 5. The maximum atomic E-state index is 12.2. The Balaban J connectivity index is 2.17. The van der Waals surface area contributed by atoms with E-state index in [0.29, 0.717) is 12.1 Å². The van der Waals surface area contributed by atoms with E-state index in [2.05, 4.69) is 27.3 Å². The van der Waals surface area contributed by atoms with Crippen LogP contribution in [0.25, 0.3) is 0 Å². The summed E-state index contributed by atoms with van der Waals surface area (Å²) in [6.07, 6.45) is 0.560. The largest absolute Gasteiger partial charge is 0.396 e. The number of hydrogen-bond donors (Lipinski definition) is 2. The first kappa shape index (κ1) is 15.3. The van der Waals surface area contributed by atoms with Crippen LogP contribution in [0.15, 0.2) is 53.4 Å². The molecule has 0 aliphatic heterocycles. The third-order valence-corrected chi connectivity index (χ3v) is 4.85. The zero-order valence-electron chi connectivity index (χ0n) is 10.6. The van der Waals surface area contributed by atoms with Crippen LogP contribution in [0.3, 0.4) is 0 Å². The lowest BCUT2D eigenvalue weighted by Crippen LogP contribution is -2.12. The highest BCUT2D eigenvalue weighted by molar-refractivity contribution is 14.1. The van der Waals surface area contributed by atoms with Gasteiger partial charge in [0.1, 0.15) is 0 Å². The Bertz CT molecular complexity index is 667. The summed E-state index contributed by atoms with van der Waals surface area (Å²) in [5, 5.41) is 8.83. The van der Waals surface area contributed by atoms with E-state index in [9.17, 15) is 8.42 Å². The Hall–Kier alpha value is -1.12. The Morgan fingerprint density at radius 3 is 2.15 bits per heavy atom. The minimum Gasteiger partial charge on any atom is -0.396 e. The lowest BCUT2D eigenvalue weighted by molar-refractivity contribution is 0.299. The second kappa shape index (κ2) is 6.55. The van der Waals surface area contributed by atoms with Crippen LogP contribution in [0.2, 0.25) is 0 Å². The van der Waals surface area contributed by atoms with E-state index in [0.717, 1.165) is 9.13 Å². The predicted octanol–water partition coefficient (Wildman–Crippen LogP) is 2.63. The smallest absolute Gasteiger partial charge is 0.261 e. The normalized spacial score (nSPS) is 11.3. The topological polar surface area (TPSA) is 66.4 Å². The van der Waals surface area contributed by atoms with E-state index in [-0.39, 0.29) is 11.5 Å². The van der Waals surface area contributed by atoms with Crippen molar-refractivity contribution >= 4 is 38.3 Å². The molecule has 0 saturated carbocycles. The number of hydrogen-bond acceptors (Lipinski definition) is 3. The monoisotopic (exact) mass is 403 g/mol. The van der Waals surface area contributed by atoms with Gasteiger partial charge in [-0.15, -0.1) is 0 Å². The van der Waals surface area contributed by atoms with Crippen LogP contribution in [0, 0.1) is 3.57 Å². The van der Waals surface area contributed by atoms with E-state index in [1.165, 1.54) is 0 Å². The van der Waals surface area contributed by atoms with Crippen LogP contribution in [0.5, 0.6) is 0 Å². The van der Waals surface area contributed by atoms with E-state index in [1.807, 2.05) is 0 Å². The first-order chi connectivity index (χ1) is 9.51. The minimum absolute atomic E-state index is 0.0771. The van der Waals surface area contributed by atoms with Crippen molar-refractivity contribution in [1.82, 2.24) is 0 Å². The molecule has 0 unspecified atom stereocenters. The quantitative estimate of drug-likeness (QED) is 0.755. The number of aliphatic hydroxyl groups excluding tert-OH is 1. The van der Waals surface area contributed by atoms with Gasteiger partial charge in [-0.05, 0) is 71.0 Å². The molecule has 0 heterocycles. The molecule has 0 aliphatic rings. The van der Waals surface area contributed by atoms with Gasteiger partial charge in [0.2, 0.25) is 0 Å². The lowest BCUT2D eigenvalue weighted by atomic mass is 10.1. The molecule has 2 aromatic carbocycles. The van der Waals surface area contributed by atoms with E-state index in [4.69, 9.17) is 5.11 Å². The molecule has 2 N–H and O–H groups in total. The van der Waals surface area contributed by atoms with Gasteiger partial charge >= 0.3 is 0 Å². The minimum atomic E-state index is -3.56. The molecule has 6 heteroatoms. The summed E-state index contributed by atoms with van der Waals surface area (Å²) >= 11 is 2.12. The third-order valence-electron chi connectivity index (χ3n) is 2.73. The average Bonchev–Trinajstić information content (AvgIpc) is 2.41. The Kier molecular flexibility index (Phi) is 5.00. The van der Waals surface area contributed by atoms with Crippen LogP contribution in [-0.2, 0) is 16.4 Å². The molecule has 0 aliphatic carbocycles. The van der Waals surface area contributed by atoms with Crippen molar-refractivity contribution in [1.29, 1.82) is 0 Å². The lowest BCUT2D eigenvalue weighted by Gasteiger charge is -2.08. The van der Waals surface area contributed by atoms with Gasteiger partial charge in [-0.3, -0.25) is 4.72 Å². The van der Waals surface area contributed by atoms with Gasteiger partial charge in [0.25, 0.3) is 10.0 Å². The number of aliphatic hydroxyl groups is 1. The van der Waals surface area contributed by atoms with Gasteiger partial charge in [-0.2, -0.15) is 0 Å². The molecule has 0 saturated heterocycles. The van der Waals surface area contributed by atoms with Crippen molar-refractivity contribution in [2.75, 3.05) is 11.3 Å². The van der Waals surface area contributed by atoms with Crippen molar-refractivity contribution in [3.05, 3.63) is 57.7 Å². The Labute approximate surface area is 132 Å². The third kappa shape index (κ3) is 3.94. The molecular formula is C14H14INO3S. The summed E-state index contributed by atoms with van der Waals surface area (Å²) in [7, 11) is -3.56. The summed E-state index contributed by atoms with van der Waals surface area (Å²) < 4.78 is 27.9. The zero-order valence-corrected chi connectivity index (χ0v) is 13.6. The SMILES string of the molecule is O=S(=O)(Nc1ccc(CCO)cc1)c1ccc(I)cc1. The molecule has 106 valence electrons. The average molecular weight is 403 g/mol. The number of nitrogens with one attached hydrogen (secondary N) is 1. The fourth-order valence-electron chi connectivity index (χ4n) is 1.70. The van der Waals surface area contributed by atoms with Gasteiger partial charge in [-0.1, -0.05) is 12.1 Å². The van der Waals surface area contributed by atoms with Crippen LogP contribution < -0.4 is 4.72 Å². The number of anilines is 1. The van der Waals surface area contributed by atoms with Crippen molar-refractivity contribution in [3.63, 3.8) is 0 Å². The van der Waals surface area contributed by atoms with Crippen molar-refractivity contribution < 1.29 is 13.5 Å². The van der Waals surface area contributed by atoms with E-state index >= 15 is 0 Å². The highest BCUT2D eigenvalue weighted by atomic mass is 127. The van der Waals surface area contributed by atoms with Crippen molar-refractivity contribution in [2.24, 2.45) is 0 Å². The molecule has 0 atom stereocenters. The molecular weight excluding hydrogens is 389 g/mol. The first-order valence-electron chi connectivity index (χ1n) is 5.99. The summed E-state index contributed by atoms with van der Waals surface area (Å²) in [4.78, 5) is 0.234. The van der Waals surface area contributed by atoms with Crippen LogP contribution in [0.4, 0.5) is 5.69 Å². The fourth-order valence-corrected chi connectivity index (χ4v) is 3.11. The van der Waals surface area contributed by atoms with Crippen molar-refractivity contribution in [3.8, 4) is 0 Å². The van der Waals surface area contributed by atoms with Gasteiger partial charge in [0.15, 0.2) is 0 Å². The Morgan fingerprint density at radius 1 is 1.00 bits per heavy atom. The molecule has 0 fully saturated rings. The number of benzene rings is 2. The fraction of sp³-hybridized carbons (Fsp3) is 0.143. The van der Waals surface area contributed by atoms with Gasteiger partial charge in [0, 0.05) is 15.9 Å². The number of halogens is 1. The summed E-state index contributed by atoms with van der Waals surface area (Å²) in [5.41, 5.74) is 1.47. The summed E-state index contributed by atoms with van der Waals surface area (Å²) in [6, 6.07) is 13.6. The molecule has 4 nitrogen and oxygen atoms in total. The van der Waals surface area contributed by atoms with Gasteiger partial charge in [0.05, 0.1) is 4.90 Å². The summed E-state index contributed by atoms with van der Waals surface area (Å²) in [5.74, 6) is 0. The highest BCUT2D eigenvalue weighted by Gasteiger charge is 2.13. The second-order valence-electron chi connectivity index (χ2n) is 4.23. The summed E-state index contributed by atoms with van der Waals surface area (Å²) in [6.45, 7) is 0.0771. The van der Waals surface area contributed by atoms with Crippen molar-refractivity contribution in [2.45, 2.75) is 11.3 Å². The standard InChI is InChI=1S/C14H14INO3S/c15-12-3-7-14(8-4-12)20(18,19)16-13-5-1-11(2-6-13)9-10-17/h1-8,16-17H,9-10H2. The second-order valence-corrected chi connectivity index (χ2v) is 7.16. The maximum absolute atomic E-state index is 12.2. The molecule has 0 bridgehead atoms. The van der Waals surface area contributed by atoms with E-state index < -0.39 is 10.0 Å². The van der Waals surface area contributed by atoms with Crippen LogP contribution in [0.1, 0.15) is 5.56 Å². The molecule has 20 heavy (non-hydrogen) atoms. The van der Waals surface area contributed by atoms with E-state index in [1.54, 1.807) is 48.5 Å². The van der Waals surface area contributed by atoms with Gasteiger partial charge in [-0.25, -0.2) is 8.42 Å². The first-order valence-corrected chi connectivity index (χ1v) is 8.55. The van der Waals surface area contributed by atoms with Gasteiger partial charge < -0.3 is 5.11 Å². The molecule has 2 rings (SSSR count). The molecule has 2 aromatic rings. The highest BCUT2D eigenvalue weighted by Crippen LogP contribution is 2.17. The molecule has 0 aromatic heterocycles. The van der Waals surface area contributed by atoms with Crippen LogP contribution in [-0.4, -0.2) is 20.1 Å².